The molecule has 0 atom stereocenters. The van der Waals surface area contributed by atoms with Gasteiger partial charge in [0.25, 0.3) is 0 Å². The normalized spacial score (nSPS) is 11.2. The third kappa shape index (κ3) is 7.43. The zero-order valence-electron chi connectivity index (χ0n) is 20.8. The van der Waals surface area contributed by atoms with E-state index in [-0.39, 0.29) is 31.4 Å². The minimum absolute atomic E-state index is 0. The summed E-state index contributed by atoms with van der Waals surface area (Å²) in [5.74, 6) is 0. The monoisotopic (exact) mass is 727 g/mol. The molecule has 2 nitrogen and oxygen atoms in total. The molecule has 0 aliphatic rings. The van der Waals surface area contributed by atoms with Crippen molar-refractivity contribution in [2.45, 2.75) is 19.3 Å². The van der Waals surface area contributed by atoms with Crippen molar-refractivity contribution >= 4 is 0 Å². The summed E-state index contributed by atoms with van der Waals surface area (Å²) in [5.41, 5.74) is 0.340. The zero-order chi connectivity index (χ0) is 28.0. The summed E-state index contributed by atoms with van der Waals surface area (Å²) < 4.78 is 78.6. The number of hydrogen-bond donors (Lipinski definition) is 0. The number of halogens is 6. The van der Waals surface area contributed by atoms with Gasteiger partial charge in [0.2, 0.25) is 0 Å². The van der Waals surface area contributed by atoms with E-state index in [4.69, 9.17) is 0 Å². The van der Waals surface area contributed by atoms with Crippen LogP contribution < -0.4 is 0 Å². The molecule has 0 aliphatic carbocycles. The molecule has 0 unspecified atom stereocenters. The topological polar surface area (TPSA) is 25.8 Å². The number of aryl methyl sites for hydroxylation is 1. The molecule has 0 N–H and O–H groups in total. The predicted octanol–water partition coefficient (Wildman–Crippen LogP) is 9.11. The van der Waals surface area contributed by atoms with E-state index >= 15 is 0 Å². The Labute approximate surface area is 241 Å². The van der Waals surface area contributed by atoms with E-state index < -0.39 is 23.5 Å². The first-order valence-corrected chi connectivity index (χ1v) is 11.7. The van der Waals surface area contributed by atoms with Gasteiger partial charge in [-0.2, -0.15) is 26.3 Å². The molecule has 207 valence electrons. The third-order valence-electron chi connectivity index (χ3n) is 5.66. The maximum atomic E-state index is 13.2. The quantitative estimate of drug-likeness (QED) is 0.137. The number of alkyl halides is 6. The van der Waals surface area contributed by atoms with Crippen LogP contribution in [0, 0.1) is 19.1 Å². The Bertz CT molecular complexity index is 1480. The van der Waals surface area contributed by atoms with Gasteiger partial charge >= 0.3 is 12.4 Å². The Morgan fingerprint density at radius 1 is 0.650 bits per heavy atom. The molecule has 0 fully saturated rings. The summed E-state index contributed by atoms with van der Waals surface area (Å²) >= 11 is 0. The summed E-state index contributed by atoms with van der Waals surface area (Å²) in [6.45, 7) is 1.75. The van der Waals surface area contributed by atoms with E-state index in [1.807, 2.05) is 48.5 Å². The van der Waals surface area contributed by atoms with Crippen molar-refractivity contribution < 1.29 is 46.4 Å². The van der Waals surface area contributed by atoms with Crippen molar-refractivity contribution in [3.05, 3.63) is 132 Å². The van der Waals surface area contributed by atoms with Gasteiger partial charge in [-0.3, -0.25) is 0 Å². The fourth-order valence-corrected chi connectivity index (χ4v) is 3.90. The number of aromatic nitrogens is 2. The average molecular weight is 727 g/mol. The number of pyridine rings is 2. The molecular formula is C31H20F6IrN2-2. The van der Waals surface area contributed by atoms with Crippen LogP contribution in [0.1, 0.15) is 16.7 Å². The van der Waals surface area contributed by atoms with Crippen LogP contribution in [-0.4, -0.2) is 9.97 Å². The molecule has 5 aromatic rings. The van der Waals surface area contributed by atoms with Crippen molar-refractivity contribution in [3.8, 4) is 33.6 Å². The molecule has 0 saturated carbocycles. The molecule has 9 heteroatoms. The van der Waals surface area contributed by atoms with Gasteiger partial charge in [0.15, 0.2) is 0 Å². The van der Waals surface area contributed by atoms with E-state index in [1.54, 1.807) is 49.5 Å². The van der Waals surface area contributed by atoms with Crippen molar-refractivity contribution in [1.29, 1.82) is 0 Å². The van der Waals surface area contributed by atoms with Crippen molar-refractivity contribution in [2.75, 3.05) is 0 Å². The molecule has 1 radical (unpaired) electrons. The molecule has 0 aliphatic heterocycles. The van der Waals surface area contributed by atoms with Gasteiger partial charge in [0, 0.05) is 32.5 Å². The Morgan fingerprint density at radius 2 is 1.35 bits per heavy atom. The molecule has 2 aromatic heterocycles. The molecule has 0 saturated heterocycles. The summed E-state index contributed by atoms with van der Waals surface area (Å²) in [7, 11) is 0. The molecule has 0 amide bonds. The van der Waals surface area contributed by atoms with E-state index in [0.29, 0.717) is 17.2 Å². The van der Waals surface area contributed by atoms with Crippen LogP contribution in [0.3, 0.4) is 0 Å². The molecule has 3 aromatic carbocycles. The second-order valence-corrected chi connectivity index (χ2v) is 8.36. The molecule has 5 rings (SSSR count). The van der Waals surface area contributed by atoms with Crippen molar-refractivity contribution in [3.63, 3.8) is 0 Å². The van der Waals surface area contributed by atoms with Crippen LogP contribution in [0.15, 0.2) is 103 Å². The predicted molar refractivity (Wildman–Crippen MR) is 137 cm³/mol. The Kier molecular flexibility index (Phi) is 10.0. The molecule has 0 bridgehead atoms. The van der Waals surface area contributed by atoms with Crippen LogP contribution in [0.5, 0.6) is 0 Å². The van der Waals surface area contributed by atoms with Gasteiger partial charge in [-0.15, -0.1) is 59.7 Å². The number of hydrogen-bond acceptors (Lipinski definition) is 2. The van der Waals surface area contributed by atoms with E-state index in [1.165, 1.54) is 6.20 Å². The van der Waals surface area contributed by atoms with E-state index in [2.05, 4.69) is 16.0 Å². The smallest absolute Gasteiger partial charge is 0.305 e. The summed E-state index contributed by atoms with van der Waals surface area (Å²) in [4.78, 5) is 8.34. The fraction of sp³-hybridized carbons (Fsp3) is 0.0968. The molecule has 0 spiro atoms. The summed E-state index contributed by atoms with van der Waals surface area (Å²) in [5, 5.41) is 0. The standard InChI is InChI=1S/C20H12F6N.C11H8N.Ir/c1-12-9-10-27-18(17(12)13-5-3-2-4-6-13)14-7-8-15(19(21,22)23)16(11-14)20(24,25)26;1-2-6-10(7-3-1)11-8-4-5-9-12-11;/h2-10H,1H3;1-6,8-9H;/q2*-1;. The van der Waals surface area contributed by atoms with Gasteiger partial charge < -0.3 is 9.97 Å². The Hall–Kier alpha value is -3.81. The Balaban J connectivity index is 0.000000283. The largest absolute Gasteiger partial charge is 0.400 e. The maximum absolute atomic E-state index is 13.2. The number of rotatable bonds is 3. The second kappa shape index (κ2) is 13.0. The third-order valence-corrected chi connectivity index (χ3v) is 5.66. The van der Waals surface area contributed by atoms with Gasteiger partial charge in [0.1, 0.15) is 0 Å². The average Bonchev–Trinajstić information content (AvgIpc) is 2.93. The number of benzene rings is 3. The minimum atomic E-state index is -5.20. The van der Waals surface area contributed by atoms with Gasteiger partial charge in [-0.25, -0.2) is 0 Å². The van der Waals surface area contributed by atoms with Crippen LogP contribution >= 0.6 is 0 Å². The van der Waals surface area contributed by atoms with Crippen LogP contribution in [0.25, 0.3) is 33.6 Å². The van der Waals surface area contributed by atoms with Crippen LogP contribution in [-0.2, 0) is 32.5 Å². The SMILES string of the molecule is Cc1ccnc(-c2[c-]c(C(F)(F)F)c(C(F)(F)F)cc2)c1-c1ccccc1.[Ir].[c-]1ccccc1-c1ccccn1. The second-order valence-electron chi connectivity index (χ2n) is 8.36. The summed E-state index contributed by atoms with van der Waals surface area (Å²) in [6.07, 6.45) is -7.15. The summed E-state index contributed by atoms with van der Waals surface area (Å²) in [6, 6.07) is 30.6. The molecular weight excluding hydrogens is 707 g/mol. The van der Waals surface area contributed by atoms with Gasteiger partial charge in [-0.05, 0) is 58.3 Å². The fourth-order valence-electron chi connectivity index (χ4n) is 3.90. The van der Waals surface area contributed by atoms with Crippen LogP contribution in [0.4, 0.5) is 26.3 Å². The first-order chi connectivity index (χ1) is 18.6. The molecule has 2 heterocycles. The van der Waals surface area contributed by atoms with Crippen molar-refractivity contribution in [2.24, 2.45) is 0 Å². The van der Waals surface area contributed by atoms with Gasteiger partial charge in [-0.1, -0.05) is 42.5 Å². The zero-order valence-corrected chi connectivity index (χ0v) is 23.2. The van der Waals surface area contributed by atoms with E-state index in [9.17, 15) is 26.3 Å². The Morgan fingerprint density at radius 3 is 1.95 bits per heavy atom. The number of nitrogens with zero attached hydrogens (tertiary/aromatic N) is 2. The minimum Gasteiger partial charge on any atom is -0.305 e. The maximum Gasteiger partial charge on any atom is 0.400 e. The van der Waals surface area contributed by atoms with Crippen LogP contribution in [0.2, 0.25) is 0 Å². The van der Waals surface area contributed by atoms with Crippen molar-refractivity contribution in [1.82, 2.24) is 9.97 Å². The molecule has 40 heavy (non-hydrogen) atoms. The van der Waals surface area contributed by atoms with E-state index in [0.717, 1.165) is 22.9 Å². The first-order valence-electron chi connectivity index (χ1n) is 11.7. The first kappa shape index (κ1) is 30.7. The van der Waals surface area contributed by atoms with Gasteiger partial charge in [0.05, 0.1) is 0 Å².